The van der Waals surface area contributed by atoms with Crippen molar-refractivity contribution in [3.63, 3.8) is 0 Å². The molecular formula is C10H22O. The van der Waals surface area contributed by atoms with E-state index in [1.807, 2.05) is 13.8 Å². The molecule has 1 unspecified atom stereocenters. The zero-order chi connectivity index (χ0) is 8.91. The van der Waals surface area contributed by atoms with E-state index in [4.69, 9.17) is 0 Å². The van der Waals surface area contributed by atoms with Crippen LogP contribution >= 0.6 is 0 Å². The van der Waals surface area contributed by atoms with Crippen molar-refractivity contribution in [2.75, 3.05) is 0 Å². The first-order valence-corrected chi connectivity index (χ1v) is 4.74. The number of hydrogen-bond acceptors (Lipinski definition) is 1. The number of rotatable bonds is 5. The predicted octanol–water partition coefficient (Wildman–Crippen LogP) is 2.97. The SMILES string of the molecule is CCCCC(CC)C(C)(C)O. The summed E-state index contributed by atoms with van der Waals surface area (Å²) in [5.74, 6) is 0.474. The lowest BCUT2D eigenvalue weighted by Crippen LogP contribution is -2.30. The van der Waals surface area contributed by atoms with E-state index < -0.39 is 5.60 Å². The van der Waals surface area contributed by atoms with Gasteiger partial charge in [0.2, 0.25) is 0 Å². The first kappa shape index (κ1) is 11.0. The second kappa shape index (κ2) is 4.76. The summed E-state index contributed by atoms with van der Waals surface area (Å²) < 4.78 is 0. The van der Waals surface area contributed by atoms with Gasteiger partial charge in [0, 0.05) is 0 Å². The fourth-order valence-corrected chi connectivity index (χ4v) is 1.51. The summed E-state index contributed by atoms with van der Waals surface area (Å²) in [6.45, 7) is 8.17. The van der Waals surface area contributed by atoms with Crippen molar-refractivity contribution in [2.24, 2.45) is 5.92 Å². The second-order valence-electron chi connectivity index (χ2n) is 3.90. The van der Waals surface area contributed by atoms with Crippen molar-refractivity contribution in [3.05, 3.63) is 0 Å². The highest BCUT2D eigenvalue weighted by atomic mass is 16.3. The minimum atomic E-state index is -0.482. The Labute approximate surface area is 70.8 Å². The molecule has 1 heteroatoms. The summed E-state index contributed by atoms with van der Waals surface area (Å²) in [6, 6.07) is 0. The fourth-order valence-electron chi connectivity index (χ4n) is 1.51. The smallest absolute Gasteiger partial charge is 0.0619 e. The fraction of sp³-hybridized carbons (Fsp3) is 1.00. The zero-order valence-electron chi connectivity index (χ0n) is 8.35. The summed E-state index contributed by atoms with van der Waals surface area (Å²) in [4.78, 5) is 0. The van der Waals surface area contributed by atoms with Gasteiger partial charge in [-0.05, 0) is 26.2 Å². The van der Waals surface area contributed by atoms with Crippen molar-refractivity contribution < 1.29 is 5.11 Å². The molecule has 0 aliphatic rings. The van der Waals surface area contributed by atoms with Crippen molar-refractivity contribution in [3.8, 4) is 0 Å². The third-order valence-corrected chi connectivity index (χ3v) is 2.40. The molecular weight excluding hydrogens is 136 g/mol. The number of hydrogen-bond donors (Lipinski definition) is 1. The molecule has 0 bridgehead atoms. The molecule has 0 fully saturated rings. The maximum atomic E-state index is 9.70. The molecule has 1 atom stereocenters. The Bertz CT molecular complexity index is 91.5. The van der Waals surface area contributed by atoms with Gasteiger partial charge < -0.3 is 5.11 Å². The van der Waals surface area contributed by atoms with Crippen LogP contribution in [0.5, 0.6) is 0 Å². The van der Waals surface area contributed by atoms with Crippen LogP contribution in [0.2, 0.25) is 0 Å². The molecule has 0 heterocycles. The Hall–Kier alpha value is -0.0400. The maximum Gasteiger partial charge on any atom is 0.0619 e. The van der Waals surface area contributed by atoms with Crippen LogP contribution < -0.4 is 0 Å². The van der Waals surface area contributed by atoms with Crippen LogP contribution in [0.25, 0.3) is 0 Å². The quantitative estimate of drug-likeness (QED) is 0.652. The summed E-state index contributed by atoms with van der Waals surface area (Å²) in [7, 11) is 0. The van der Waals surface area contributed by atoms with Crippen LogP contribution in [0.15, 0.2) is 0 Å². The molecule has 68 valence electrons. The van der Waals surface area contributed by atoms with Gasteiger partial charge in [-0.1, -0.05) is 33.1 Å². The van der Waals surface area contributed by atoms with Crippen molar-refractivity contribution in [2.45, 2.75) is 59.0 Å². The van der Waals surface area contributed by atoms with Gasteiger partial charge in [0.25, 0.3) is 0 Å². The van der Waals surface area contributed by atoms with E-state index in [2.05, 4.69) is 13.8 Å². The molecule has 0 spiro atoms. The normalized spacial score (nSPS) is 15.0. The molecule has 0 saturated carbocycles. The number of aliphatic hydroxyl groups is 1. The first-order chi connectivity index (χ1) is 5.02. The van der Waals surface area contributed by atoms with Crippen LogP contribution in [0.3, 0.4) is 0 Å². The molecule has 1 N–H and O–H groups in total. The molecule has 1 nitrogen and oxygen atoms in total. The molecule has 0 aromatic rings. The van der Waals surface area contributed by atoms with Gasteiger partial charge in [0.05, 0.1) is 5.60 Å². The van der Waals surface area contributed by atoms with E-state index in [0.717, 1.165) is 12.8 Å². The lowest BCUT2D eigenvalue weighted by Gasteiger charge is -2.28. The molecule has 0 aromatic heterocycles. The Morgan fingerprint density at radius 3 is 2.09 bits per heavy atom. The van der Waals surface area contributed by atoms with E-state index in [1.165, 1.54) is 12.8 Å². The summed E-state index contributed by atoms with van der Waals surface area (Å²) in [5.41, 5.74) is -0.482. The van der Waals surface area contributed by atoms with E-state index in [1.54, 1.807) is 0 Å². The van der Waals surface area contributed by atoms with Crippen molar-refractivity contribution in [1.82, 2.24) is 0 Å². The third-order valence-electron chi connectivity index (χ3n) is 2.40. The predicted molar refractivity (Wildman–Crippen MR) is 49.6 cm³/mol. The Morgan fingerprint density at radius 1 is 1.27 bits per heavy atom. The number of unbranched alkanes of at least 4 members (excludes halogenated alkanes) is 1. The van der Waals surface area contributed by atoms with Gasteiger partial charge in [-0.2, -0.15) is 0 Å². The van der Waals surface area contributed by atoms with Gasteiger partial charge in [0.15, 0.2) is 0 Å². The maximum absolute atomic E-state index is 9.70. The Kier molecular flexibility index (Phi) is 4.74. The van der Waals surface area contributed by atoms with E-state index in [9.17, 15) is 5.11 Å². The summed E-state index contributed by atoms with van der Waals surface area (Å²) in [6.07, 6.45) is 4.72. The van der Waals surface area contributed by atoms with E-state index in [0.29, 0.717) is 5.92 Å². The Balaban J connectivity index is 3.76. The molecule has 0 amide bonds. The van der Waals surface area contributed by atoms with Crippen molar-refractivity contribution >= 4 is 0 Å². The zero-order valence-corrected chi connectivity index (χ0v) is 8.35. The van der Waals surface area contributed by atoms with Crippen LogP contribution in [0.4, 0.5) is 0 Å². The largest absolute Gasteiger partial charge is 0.390 e. The van der Waals surface area contributed by atoms with Gasteiger partial charge in [0.1, 0.15) is 0 Å². The van der Waals surface area contributed by atoms with E-state index >= 15 is 0 Å². The van der Waals surface area contributed by atoms with E-state index in [-0.39, 0.29) is 0 Å². The highest BCUT2D eigenvalue weighted by Gasteiger charge is 2.23. The van der Waals surface area contributed by atoms with Crippen molar-refractivity contribution in [1.29, 1.82) is 0 Å². The van der Waals surface area contributed by atoms with Crippen LogP contribution in [0.1, 0.15) is 53.4 Å². The average molecular weight is 158 g/mol. The molecule has 0 rings (SSSR count). The Morgan fingerprint density at radius 2 is 1.82 bits per heavy atom. The average Bonchev–Trinajstić information content (AvgIpc) is 1.87. The highest BCUT2D eigenvalue weighted by Crippen LogP contribution is 2.24. The highest BCUT2D eigenvalue weighted by molar-refractivity contribution is 4.75. The molecule has 0 radical (unpaired) electrons. The topological polar surface area (TPSA) is 20.2 Å². The van der Waals surface area contributed by atoms with Gasteiger partial charge in [-0.25, -0.2) is 0 Å². The molecule has 0 saturated heterocycles. The molecule has 0 aromatic carbocycles. The minimum Gasteiger partial charge on any atom is -0.390 e. The van der Waals surface area contributed by atoms with Crippen LogP contribution in [-0.2, 0) is 0 Å². The molecule has 0 aliphatic carbocycles. The standard InChI is InChI=1S/C10H22O/c1-5-7-8-9(6-2)10(3,4)11/h9,11H,5-8H2,1-4H3. The lowest BCUT2D eigenvalue weighted by molar-refractivity contribution is 0.0106. The second-order valence-corrected chi connectivity index (χ2v) is 3.90. The lowest BCUT2D eigenvalue weighted by atomic mass is 9.85. The minimum absolute atomic E-state index is 0.474. The first-order valence-electron chi connectivity index (χ1n) is 4.74. The van der Waals surface area contributed by atoms with Gasteiger partial charge >= 0.3 is 0 Å². The summed E-state index contributed by atoms with van der Waals surface area (Å²) in [5, 5.41) is 9.70. The monoisotopic (exact) mass is 158 g/mol. The molecule has 0 aliphatic heterocycles. The van der Waals surface area contributed by atoms with Crippen LogP contribution in [0, 0.1) is 5.92 Å². The van der Waals surface area contributed by atoms with Gasteiger partial charge in [-0.15, -0.1) is 0 Å². The summed E-state index contributed by atoms with van der Waals surface area (Å²) >= 11 is 0. The molecule has 11 heavy (non-hydrogen) atoms. The van der Waals surface area contributed by atoms with Gasteiger partial charge in [-0.3, -0.25) is 0 Å². The van der Waals surface area contributed by atoms with Crippen LogP contribution in [-0.4, -0.2) is 10.7 Å². The third kappa shape index (κ3) is 4.41.